The fourth-order valence-corrected chi connectivity index (χ4v) is 2.00. The molecule has 0 saturated carbocycles. The van der Waals surface area contributed by atoms with Gasteiger partial charge in [-0.3, -0.25) is 15.2 Å². The fourth-order valence-electron chi connectivity index (χ4n) is 2.00. The summed E-state index contributed by atoms with van der Waals surface area (Å²) >= 11 is 0. The van der Waals surface area contributed by atoms with Crippen molar-refractivity contribution in [1.82, 2.24) is 35.4 Å². The van der Waals surface area contributed by atoms with Crippen LogP contribution < -0.4 is 5.32 Å². The lowest BCUT2D eigenvalue weighted by atomic mass is 10.2. The Kier molecular flexibility index (Phi) is 4.32. The second-order valence-electron chi connectivity index (χ2n) is 5.66. The first-order chi connectivity index (χ1) is 11.5. The zero-order valence-electron chi connectivity index (χ0n) is 13.6. The summed E-state index contributed by atoms with van der Waals surface area (Å²) in [6.07, 6.45) is 0. The lowest BCUT2D eigenvalue weighted by Crippen LogP contribution is -2.26. The number of carbonyl (C=O) groups excluding carboxylic acids is 1. The van der Waals surface area contributed by atoms with Crippen LogP contribution in [0.15, 0.2) is 30.3 Å². The summed E-state index contributed by atoms with van der Waals surface area (Å²) in [5.41, 5.74) is 0.840. The molecule has 0 aliphatic rings. The Hall–Kier alpha value is -3.10. The first-order valence-corrected chi connectivity index (χ1v) is 7.62. The molecule has 1 atom stereocenters. The van der Waals surface area contributed by atoms with Crippen molar-refractivity contribution in [1.29, 1.82) is 0 Å². The van der Waals surface area contributed by atoms with Gasteiger partial charge in [0.15, 0.2) is 0 Å². The molecular weight excluding hydrogens is 308 g/mol. The molecule has 0 saturated heterocycles. The van der Waals surface area contributed by atoms with Crippen LogP contribution in [0.3, 0.4) is 0 Å². The van der Waals surface area contributed by atoms with Crippen molar-refractivity contribution < 1.29 is 4.79 Å². The monoisotopic (exact) mass is 326 g/mol. The third kappa shape index (κ3) is 3.29. The predicted octanol–water partition coefficient (Wildman–Crippen LogP) is 1.78. The van der Waals surface area contributed by atoms with Crippen molar-refractivity contribution >= 4 is 11.9 Å². The third-order valence-corrected chi connectivity index (χ3v) is 3.47. The Morgan fingerprint density at radius 1 is 1.21 bits per heavy atom. The predicted molar refractivity (Wildman–Crippen MR) is 87.1 cm³/mol. The molecule has 2 N–H and O–H groups in total. The van der Waals surface area contributed by atoms with Gasteiger partial charge in [-0.2, -0.15) is 9.78 Å². The van der Waals surface area contributed by atoms with E-state index < -0.39 is 6.04 Å². The van der Waals surface area contributed by atoms with Crippen LogP contribution in [0, 0.1) is 0 Å². The van der Waals surface area contributed by atoms with Crippen LogP contribution in [0.4, 0.5) is 5.95 Å². The van der Waals surface area contributed by atoms with E-state index in [9.17, 15) is 4.79 Å². The molecule has 2 aromatic heterocycles. The lowest BCUT2D eigenvalue weighted by Gasteiger charge is -2.08. The SMILES string of the molecule is CC(C)c1nc(NC(=O)C(C)n2nnc(-c3ccccc3)n2)n[nH]1. The molecule has 0 aliphatic heterocycles. The van der Waals surface area contributed by atoms with E-state index in [0.717, 1.165) is 5.56 Å². The highest BCUT2D eigenvalue weighted by Gasteiger charge is 2.20. The van der Waals surface area contributed by atoms with Gasteiger partial charge >= 0.3 is 0 Å². The Balaban J connectivity index is 1.70. The summed E-state index contributed by atoms with van der Waals surface area (Å²) in [5.74, 6) is 1.30. The molecule has 0 bridgehead atoms. The molecule has 0 aliphatic carbocycles. The van der Waals surface area contributed by atoms with E-state index in [0.29, 0.717) is 11.6 Å². The third-order valence-electron chi connectivity index (χ3n) is 3.47. The van der Waals surface area contributed by atoms with E-state index in [4.69, 9.17) is 0 Å². The van der Waals surface area contributed by atoms with Crippen LogP contribution in [0.25, 0.3) is 11.4 Å². The van der Waals surface area contributed by atoms with E-state index in [2.05, 4.69) is 35.9 Å². The Bertz CT molecular complexity index is 823. The molecule has 9 nitrogen and oxygen atoms in total. The van der Waals surface area contributed by atoms with Crippen LogP contribution in [0.5, 0.6) is 0 Å². The van der Waals surface area contributed by atoms with E-state index in [1.54, 1.807) is 6.92 Å². The summed E-state index contributed by atoms with van der Waals surface area (Å²) in [5, 5.41) is 21.6. The number of carbonyl (C=O) groups is 1. The highest BCUT2D eigenvalue weighted by atomic mass is 16.2. The van der Waals surface area contributed by atoms with Gasteiger partial charge in [0.1, 0.15) is 11.9 Å². The Morgan fingerprint density at radius 3 is 2.62 bits per heavy atom. The molecule has 3 rings (SSSR count). The molecule has 1 amide bonds. The minimum absolute atomic E-state index is 0.200. The number of aromatic amines is 1. The minimum Gasteiger partial charge on any atom is -0.291 e. The van der Waals surface area contributed by atoms with Gasteiger partial charge in [-0.15, -0.1) is 15.3 Å². The van der Waals surface area contributed by atoms with Crippen molar-refractivity contribution in [3.63, 3.8) is 0 Å². The summed E-state index contributed by atoms with van der Waals surface area (Å²) in [6.45, 7) is 5.65. The first kappa shape index (κ1) is 15.8. The van der Waals surface area contributed by atoms with Gasteiger partial charge in [0, 0.05) is 11.5 Å². The van der Waals surface area contributed by atoms with Crippen molar-refractivity contribution in [3.05, 3.63) is 36.2 Å². The van der Waals surface area contributed by atoms with Crippen molar-refractivity contribution in [2.75, 3.05) is 5.32 Å². The molecule has 24 heavy (non-hydrogen) atoms. The van der Waals surface area contributed by atoms with Crippen LogP contribution in [0.2, 0.25) is 0 Å². The zero-order valence-corrected chi connectivity index (χ0v) is 13.6. The number of nitrogens with one attached hydrogen (secondary N) is 2. The Labute approximate surface area is 138 Å². The number of aromatic nitrogens is 7. The van der Waals surface area contributed by atoms with Crippen LogP contribution in [-0.2, 0) is 4.79 Å². The summed E-state index contributed by atoms with van der Waals surface area (Å²) < 4.78 is 0. The minimum atomic E-state index is -0.643. The maximum atomic E-state index is 12.3. The average molecular weight is 326 g/mol. The summed E-state index contributed by atoms with van der Waals surface area (Å²) in [6, 6.07) is 8.81. The normalized spacial score (nSPS) is 12.3. The number of tetrazole rings is 1. The van der Waals surface area contributed by atoms with Crippen molar-refractivity contribution in [2.45, 2.75) is 32.7 Å². The molecule has 0 radical (unpaired) electrons. The van der Waals surface area contributed by atoms with Gasteiger partial charge < -0.3 is 0 Å². The number of nitrogens with zero attached hydrogens (tertiary/aromatic N) is 6. The fraction of sp³-hybridized carbons (Fsp3) is 0.333. The number of rotatable bonds is 5. The molecular formula is C15H18N8O. The molecule has 0 spiro atoms. The molecule has 1 aromatic carbocycles. The van der Waals surface area contributed by atoms with Gasteiger partial charge in [0.05, 0.1) is 0 Å². The highest BCUT2D eigenvalue weighted by molar-refractivity contribution is 5.91. The van der Waals surface area contributed by atoms with Gasteiger partial charge in [0.25, 0.3) is 5.91 Å². The number of H-pyrrole nitrogens is 1. The number of benzene rings is 1. The quantitative estimate of drug-likeness (QED) is 0.738. The maximum Gasteiger partial charge on any atom is 0.253 e. The van der Waals surface area contributed by atoms with Crippen LogP contribution in [-0.4, -0.2) is 41.3 Å². The molecule has 0 fully saturated rings. The second kappa shape index (κ2) is 6.57. The van der Waals surface area contributed by atoms with Crippen LogP contribution >= 0.6 is 0 Å². The number of hydrogen-bond donors (Lipinski definition) is 2. The van der Waals surface area contributed by atoms with Crippen molar-refractivity contribution in [2.24, 2.45) is 0 Å². The number of amides is 1. The molecule has 3 aromatic rings. The lowest BCUT2D eigenvalue weighted by molar-refractivity contribution is -0.119. The first-order valence-electron chi connectivity index (χ1n) is 7.62. The molecule has 9 heteroatoms. The van der Waals surface area contributed by atoms with Gasteiger partial charge in [-0.05, 0) is 12.1 Å². The zero-order chi connectivity index (χ0) is 17.1. The maximum absolute atomic E-state index is 12.3. The topological polar surface area (TPSA) is 114 Å². The van der Waals surface area contributed by atoms with Crippen LogP contribution in [0.1, 0.15) is 38.6 Å². The van der Waals surface area contributed by atoms with Crippen molar-refractivity contribution in [3.8, 4) is 11.4 Å². The Morgan fingerprint density at radius 2 is 1.96 bits per heavy atom. The van der Waals surface area contributed by atoms with Gasteiger partial charge in [-0.1, -0.05) is 44.2 Å². The van der Waals surface area contributed by atoms with E-state index >= 15 is 0 Å². The average Bonchev–Trinajstić information content (AvgIpc) is 3.24. The number of hydrogen-bond acceptors (Lipinski definition) is 6. The standard InChI is InChI=1S/C15H18N8O/c1-9(2)12-16-15(20-18-12)17-14(24)10(3)23-21-13(19-22-23)11-7-5-4-6-8-11/h4-10H,1-3H3,(H2,16,17,18,20,24). The van der Waals surface area contributed by atoms with Gasteiger partial charge in [0.2, 0.25) is 11.8 Å². The largest absolute Gasteiger partial charge is 0.291 e. The van der Waals surface area contributed by atoms with Gasteiger partial charge in [-0.25, -0.2) is 0 Å². The second-order valence-corrected chi connectivity index (χ2v) is 5.66. The number of anilines is 1. The molecule has 2 heterocycles. The van der Waals surface area contributed by atoms with E-state index in [-0.39, 0.29) is 17.8 Å². The molecule has 124 valence electrons. The highest BCUT2D eigenvalue weighted by Crippen LogP contribution is 2.15. The summed E-state index contributed by atoms with van der Waals surface area (Å²) in [4.78, 5) is 17.8. The smallest absolute Gasteiger partial charge is 0.253 e. The summed E-state index contributed by atoms with van der Waals surface area (Å²) in [7, 11) is 0. The molecule has 1 unspecified atom stereocenters. The van der Waals surface area contributed by atoms with E-state index in [1.165, 1.54) is 4.80 Å². The van der Waals surface area contributed by atoms with E-state index in [1.807, 2.05) is 44.2 Å².